The van der Waals surface area contributed by atoms with E-state index in [1.54, 1.807) is 32.4 Å². The molecule has 166 valence electrons. The largest absolute Gasteiger partial charge is 0.493 e. The SMILES string of the molecule is COc1cc2c(cc1OC)[C@H](c1ccccc1)N(CC(=O)Nc1c(Cl)cccc1Cl)CC2. The highest BCUT2D eigenvalue weighted by Gasteiger charge is 2.31. The van der Waals surface area contributed by atoms with Gasteiger partial charge in [-0.1, -0.05) is 59.6 Å². The molecule has 0 saturated carbocycles. The van der Waals surface area contributed by atoms with Crippen LogP contribution in [0.2, 0.25) is 10.0 Å². The van der Waals surface area contributed by atoms with E-state index in [-0.39, 0.29) is 18.5 Å². The molecule has 1 N–H and O–H groups in total. The number of nitrogens with one attached hydrogen (secondary N) is 1. The topological polar surface area (TPSA) is 50.8 Å². The zero-order chi connectivity index (χ0) is 22.7. The molecule has 1 heterocycles. The second-order valence-electron chi connectivity index (χ2n) is 7.58. The van der Waals surface area contributed by atoms with E-state index < -0.39 is 0 Å². The zero-order valence-electron chi connectivity index (χ0n) is 17.9. The number of amides is 1. The van der Waals surface area contributed by atoms with Gasteiger partial charge < -0.3 is 14.8 Å². The van der Waals surface area contributed by atoms with Crippen LogP contribution >= 0.6 is 23.2 Å². The van der Waals surface area contributed by atoms with Crippen LogP contribution in [-0.2, 0) is 11.2 Å². The third kappa shape index (κ3) is 4.56. The number of carbonyl (C=O) groups is 1. The Morgan fingerprint density at radius 2 is 1.66 bits per heavy atom. The van der Waals surface area contributed by atoms with Crippen LogP contribution in [0.3, 0.4) is 0 Å². The van der Waals surface area contributed by atoms with Crippen LogP contribution in [-0.4, -0.2) is 38.1 Å². The molecule has 0 unspecified atom stereocenters. The van der Waals surface area contributed by atoms with Crippen molar-refractivity contribution in [1.29, 1.82) is 0 Å². The summed E-state index contributed by atoms with van der Waals surface area (Å²) >= 11 is 12.5. The molecule has 1 aliphatic heterocycles. The van der Waals surface area contributed by atoms with Crippen molar-refractivity contribution >= 4 is 34.8 Å². The molecule has 0 aliphatic carbocycles. The fourth-order valence-corrected chi connectivity index (χ4v) is 4.67. The lowest BCUT2D eigenvalue weighted by atomic mass is 9.87. The van der Waals surface area contributed by atoms with Crippen LogP contribution in [0, 0.1) is 0 Å². The summed E-state index contributed by atoms with van der Waals surface area (Å²) in [6.45, 7) is 0.903. The number of methoxy groups -OCH3 is 2. The van der Waals surface area contributed by atoms with Gasteiger partial charge in [-0.05, 0) is 47.4 Å². The van der Waals surface area contributed by atoms with Crippen LogP contribution in [0.1, 0.15) is 22.7 Å². The second kappa shape index (κ2) is 9.82. The summed E-state index contributed by atoms with van der Waals surface area (Å²) in [7, 11) is 3.27. The summed E-state index contributed by atoms with van der Waals surface area (Å²) in [5, 5.41) is 3.69. The Bertz CT molecular complexity index is 1100. The van der Waals surface area contributed by atoms with Crippen molar-refractivity contribution in [2.24, 2.45) is 0 Å². The number of benzene rings is 3. The predicted octanol–water partition coefficient (Wildman–Crippen LogP) is 5.60. The Balaban J connectivity index is 1.67. The third-order valence-electron chi connectivity index (χ3n) is 5.66. The lowest BCUT2D eigenvalue weighted by Crippen LogP contribution is -2.41. The molecule has 4 rings (SSSR count). The average molecular weight is 471 g/mol. The molecular formula is C25H24Cl2N2O3. The Morgan fingerprint density at radius 3 is 2.31 bits per heavy atom. The summed E-state index contributed by atoms with van der Waals surface area (Å²) in [5.41, 5.74) is 3.82. The lowest BCUT2D eigenvalue weighted by Gasteiger charge is -2.37. The maximum absolute atomic E-state index is 13.0. The highest BCUT2D eigenvalue weighted by atomic mass is 35.5. The van der Waals surface area contributed by atoms with Gasteiger partial charge in [-0.2, -0.15) is 0 Å². The summed E-state index contributed by atoms with van der Waals surface area (Å²) in [6.07, 6.45) is 0.791. The van der Waals surface area contributed by atoms with E-state index in [1.165, 1.54) is 5.56 Å². The number of hydrogen-bond donors (Lipinski definition) is 1. The van der Waals surface area contributed by atoms with Gasteiger partial charge in [-0.25, -0.2) is 0 Å². The van der Waals surface area contributed by atoms with Crippen molar-refractivity contribution in [2.75, 3.05) is 32.6 Å². The molecule has 0 aromatic heterocycles. The minimum Gasteiger partial charge on any atom is -0.493 e. The number of anilines is 1. The zero-order valence-corrected chi connectivity index (χ0v) is 19.4. The summed E-state index contributed by atoms with van der Waals surface area (Å²) in [6, 6.07) is 19.2. The molecule has 1 amide bonds. The Labute approximate surface area is 197 Å². The van der Waals surface area contributed by atoms with Crippen LogP contribution in [0.4, 0.5) is 5.69 Å². The Hall–Kier alpha value is -2.73. The van der Waals surface area contributed by atoms with Crippen molar-refractivity contribution in [2.45, 2.75) is 12.5 Å². The van der Waals surface area contributed by atoms with Crippen LogP contribution < -0.4 is 14.8 Å². The minimum absolute atomic E-state index is 0.104. The Kier molecular flexibility index (Phi) is 6.89. The van der Waals surface area contributed by atoms with Gasteiger partial charge in [0.05, 0.1) is 42.5 Å². The molecule has 3 aromatic carbocycles. The van der Waals surface area contributed by atoms with Gasteiger partial charge >= 0.3 is 0 Å². The monoisotopic (exact) mass is 470 g/mol. The smallest absolute Gasteiger partial charge is 0.238 e. The molecule has 32 heavy (non-hydrogen) atoms. The number of para-hydroxylation sites is 1. The highest BCUT2D eigenvalue weighted by molar-refractivity contribution is 6.39. The first-order chi connectivity index (χ1) is 15.5. The average Bonchev–Trinajstić information content (AvgIpc) is 2.81. The van der Waals surface area contributed by atoms with Gasteiger partial charge in [0.15, 0.2) is 11.5 Å². The maximum Gasteiger partial charge on any atom is 0.238 e. The maximum atomic E-state index is 13.0. The number of nitrogens with zero attached hydrogens (tertiary/aromatic N) is 1. The fourth-order valence-electron chi connectivity index (χ4n) is 4.17. The van der Waals surface area contributed by atoms with Crippen molar-refractivity contribution < 1.29 is 14.3 Å². The number of carbonyl (C=O) groups excluding carboxylic acids is 1. The molecule has 1 atom stereocenters. The van der Waals surface area contributed by atoms with E-state index in [1.807, 2.05) is 30.3 Å². The highest BCUT2D eigenvalue weighted by Crippen LogP contribution is 2.41. The normalized spacial score (nSPS) is 15.7. The van der Waals surface area contributed by atoms with E-state index in [9.17, 15) is 4.79 Å². The van der Waals surface area contributed by atoms with Crippen LogP contribution in [0.15, 0.2) is 60.7 Å². The van der Waals surface area contributed by atoms with Gasteiger partial charge in [0.2, 0.25) is 5.91 Å². The van der Waals surface area contributed by atoms with Gasteiger partial charge in [0.1, 0.15) is 0 Å². The summed E-state index contributed by atoms with van der Waals surface area (Å²) < 4.78 is 11.1. The first-order valence-electron chi connectivity index (χ1n) is 10.3. The molecule has 7 heteroatoms. The molecule has 0 saturated heterocycles. The van der Waals surface area contributed by atoms with Crippen LogP contribution in [0.25, 0.3) is 0 Å². The number of hydrogen-bond acceptors (Lipinski definition) is 4. The van der Waals surface area contributed by atoms with E-state index in [2.05, 4.69) is 22.3 Å². The van der Waals surface area contributed by atoms with Crippen molar-refractivity contribution in [3.05, 3.63) is 87.4 Å². The molecule has 5 nitrogen and oxygen atoms in total. The first kappa shape index (κ1) is 22.5. The molecular weight excluding hydrogens is 447 g/mol. The third-order valence-corrected chi connectivity index (χ3v) is 6.29. The number of rotatable bonds is 6. The standard InChI is InChI=1S/C25H24Cl2N2O3/c1-31-21-13-17-11-12-29(15-23(30)28-24-19(26)9-6-10-20(24)27)25(16-7-4-3-5-8-16)18(17)14-22(21)32-2/h3-10,13-14,25H,11-12,15H2,1-2H3,(H,28,30)/t25-/m0/s1. The van der Waals surface area contributed by atoms with E-state index in [0.717, 1.165) is 17.5 Å². The lowest BCUT2D eigenvalue weighted by molar-refractivity contribution is -0.117. The molecule has 1 aliphatic rings. The second-order valence-corrected chi connectivity index (χ2v) is 8.40. The molecule has 0 bridgehead atoms. The van der Waals surface area contributed by atoms with Crippen molar-refractivity contribution in [3.8, 4) is 11.5 Å². The van der Waals surface area contributed by atoms with E-state index in [4.69, 9.17) is 32.7 Å². The van der Waals surface area contributed by atoms with Gasteiger partial charge in [-0.3, -0.25) is 9.69 Å². The summed E-state index contributed by atoms with van der Waals surface area (Å²) in [5.74, 6) is 1.20. The van der Waals surface area contributed by atoms with Crippen molar-refractivity contribution in [1.82, 2.24) is 4.90 Å². The molecule has 0 radical (unpaired) electrons. The number of ether oxygens (including phenoxy) is 2. The van der Waals surface area contributed by atoms with Crippen LogP contribution in [0.5, 0.6) is 11.5 Å². The van der Waals surface area contributed by atoms with Gasteiger partial charge in [-0.15, -0.1) is 0 Å². The number of halogens is 2. The molecule has 0 spiro atoms. The summed E-state index contributed by atoms with van der Waals surface area (Å²) in [4.78, 5) is 15.1. The molecule has 0 fully saturated rings. The number of fused-ring (bicyclic) bond motifs is 1. The quantitative estimate of drug-likeness (QED) is 0.509. The first-order valence-corrected chi connectivity index (χ1v) is 11.0. The minimum atomic E-state index is -0.176. The van der Waals surface area contributed by atoms with E-state index >= 15 is 0 Å². The predicted molar refractivity (Wildman–Crippen MR) is 128 cm³/mol. The van der Waals surface area contributed by atoms with Gasteiger partial charge in [0, 0.05) is 6.54 Å². The van der Waals surface area contributed by atoms with Gasteiger partial charge in [0.25, 0.3) is 0 Å². The van der Waals surface area contributed by atoms with E-state index in [0.29, 0.717) is 33.8 Å². The fraction of sp³-hybridized carbons (Fsp3) is 0.240. The molecule has 3 aromatic rings. The Morgan fingerprint density at radius 1 is 1.00 bits per heavy atom. The van der Waals surface area contributed by atoms with Crippen molar-refractivity contribution in [3.63, 3.8) is 0 Å².